The molecule has 98 valence electrons. The normalized spacial score (nSPS) is 12.8. The Balaban J connectivity index is 1.89. The van der Waals surface area contributed by atoms with Gasteiger partial charge in [-0.2, -0.15) is 0 Å². The van der Waals surface area contributed by atoms with Crippen molar-refractivity contribution in [2.45, 2.75) is 32.4 Å². The van der Waals surface area contributed by atoms with Gasteiger partial charge in [-0.15, -0.1) is 22.7 Å². The third-order valence-electron chi connectivity index (χ3n) is 2.64. The van der Waals surface area contributed by atoms with Gasteiger partial charge in [-0.3, -0.25) is 0 Å². The van der Waals surface area contributed by atoms with Crippen molar-refractivity contribution in [2.75, 3.05) is 6.54 Å². The molecule has 0 aliphatic heterocycles. The van der Waals surface area contributed by atoms with Crippen LogP contribution in [0.3, 0.4) is 0 Å². The van der Waals surface area contributed by atoms with Crippen LogP contribution in [0.5, 0.6) is 0 Å². The summed E-state index contributed by atoms with van der Waals surface area (Å²) in [4.78, 5) is 8.90. The highest BCUT2D eigenvalue weighted by Gasteiger charge is 2.11. The van der Waals surface area contributed by atoms with Crippen molar-refractivity contribution in [3.05, 3.63) is 32.7 Å². The molecular weight excluding hydrogens is 264 g/mol. The number of rotatable bonds is 7. The van der Waals surface area contributed by atoms with E-state index in [0.29, 0.717) is 12.6 Å². The number of thiazole rings is 2. The van der Waals surface area contributed by atoms with Gasteiger partial charge in [0.15, 0.2) is 0 Å². The van der Waals surface area contributed by atoms with Gasteiger partial charge >= 0.3 is 0 Å². The van der Waals surface area contributed by atoms with E-state index in [1.165, 1.54) is 0 Å². The molecule has 0 spiro atoms. The van der Waals surface area contributed by atoms with Crippen LogP contribution in [0, 0.1) is 0 Å². The van der Waals surface area contributed by atoms with Gasteiger partial charge in [0, 0.05) is 29.9 Å². The summed E-state index contributed by atoms with van der Waals surface area (Å²) < 4.78 is 0. The van der Waals surface area contributed by atoms with Crippen molar-refractivity contribution in [3.8, 4) is 0 Å². The summed E-state index contributed by atoms with van der Waals surface area (Å²) in [5, 5.41) is 9.89. The molecule has 0 fully saturated rings. The predicted molar refractivity (Wildman–Crippen MR) is 76.9 cm³/mol. The van der Waals surface area contributed by atoms with Gasteiger partial charge in [-0.1, -0.05) is 6.92 Å². The second-order valence-electron chi connectivity index (χ2n) is 3.98. The molecule has 2 heterocycles. The Morgan fingerprint density at radius 1 is 1.44 bits per heavy atom. The molecule has 3 N–H and O–H groups in total. The van der Waals surface area contributed by atoms with Crippen molar-refractivity contribution in [1.29, 1.82) is 0 Å². The summed E-state index contributed by atoms with van der Waals surface area (Å²) in [5.41, 5.74) is 6.62. The minimum absolute atomic E-state index is 0.324. The highest BCUT2D eigenvalue weighted by molar-refractivity contribution is 7.09. The van der Waals surface area contributed by atoms with Crippen molar-refractivity contribution < 1.29 is 0 Å². The van der Waals surface area contributed by atoms with Gasteiger partial charge in [0.1, 0.15) is 5.01 Å². The number of nitrogens with two attached hydrogens (primary N) is 1. The van der Waals surface area contributed by atoms with E-state index in [4.69, 9.17) is 5.73 Å². The van der Waals surface area contributed by atoms with Crippen LogP contribution in [-0.4, -0.2) is 16.5 Å². The molecule has 2 aromatic rings. The van der Waals surface area contributed by atoms with Gasteiger partial charge in [-0.25, -0.2) is 9.97 Å². The number of aromatic nitrogens is 2. The van der Waals surface area contributed by atoms with Crippen LogP contribution in [0.4, 0.5) is 0 Å². The predicted octanol–water partition coefficient (Wildman–Crippen LogP) is 2.34. The Bertz CT molecular complexity index is 452. The topological polar surface area (TPSA) is 63.8 Å². The lowest BCUT2D eigenvalue weighted by atomic mass is 10.2. The number of nitrogens with one attached hydrogen (secondary N) is 1. The molecule has 0 amide bonds. The van der Waals surface area contributed by atoms with Gasteiger partial charge < -0.3 is 11.1 Å². The van der Waals surface area contributed by atoms with E-state index < -0.39 is 0 Å². The standard InChI is InChI=1S/C12H18N4S2/c1-2-10(12-14-5-6-17-12)15-7-9-8-18-11(16-9)3-4-13/h5-6,8,10,15H,2-4,7,13H2,1H3. The second kappa shape index (κ2) is 6.94. The fourth-order valence-corrected chi connectivity index (χ4v) is 3.32. The van der Waals surface area contributed by atoms with E-state index in [2.05, 4.69) is 27.6 Å². The van der Waals surface area contributed by atoms with Crippen LogP contribution < -0.4 is 11.1 Å². The van der Waals surface area contributed by atoms with Gasteiger partial charge in [0.25, 0.3) is 0 Å². The van der Waals surface area contributed by atoms with E-state index in [-0.39, 0.29) is 0 Å². The summed E-state index contributed by atoms with van der Waals surface area (Å²) >= 11 is 3.38. The highest BCUT2D eigenvalue weighted by atomic mass is 32.1. The molecule has 0 radical (unpaired) electrons. The second-order valence-corrected chi connectivity index (χ2v) is 5.85. The lowest BCUT2D eigenvalue weighted by molar-refractivity contribution is 0.512. The van der Waals surface area contributed by atoms with Crippen LogP contribution >= 0.6 is 22.7 Å². The first-order valence-electron chi connectivity index (χ1n) is 6.09. The van der Waals surface area contributed by atoms with E-state index in [1.807, 2.05) is 11.6 Å². The van der Waals surface area contributed by atoms with Crippen LogP contribution in [0.15, 0.2) is 17.0 Å². The molecule has 2 rings (SSSR count). The quantitative estimate of drug-likeness (QED) is 0.818. The van der Waals surface area contributed by atoms with Gasteiger partial charge in [0.2, 0.25) is 0 Å². The monoisotopic (exact) mass is 282 g/mol. The SMILES string of the molecule is CCC(NCc1csc(CCN)n1)c1nccs1. The summed E-state index contributed by atoms with van der Waals surface area (Å²) in [6.45, 7) is 3.62. The zero-order valence-electron chi connectivity index (χ0n) is 10.4. The molecule has 2 aromatic heterocycles. The molecule has 0 aliphatic carbocycles. The van der Waals surface area contributed by atoms with Crippen molar-refractivity contribution >= 4 is 22.7 Å². The molecule has 0 saturated carbocycles. The van der Waals surface area contributed by atoms with E-state index >= 15 is 0 Å². The molecule has 1 atom stereocenters. The molecule has 0 aromatic carbocycles. The molecule has 0 saturated heterocycles. The number of nitrogens with zero attached hydrogens (tertiary/aromatic N) is 2. The van der Waals surface area contributed by atoms with E-state index in [9.17, 15) is 0 Å². The summed E-state index contributed by atoms with van der Waals surface area (Å²) in [5.74, 6) is 0. The molecule has 1 unspecified atom stereocenters. The summed E-state index contributed by atoms with van der Waals surface area (Å²) in [7, 11) is 0. The van der Waals surface area contributed by atoms with E-state index in [1.54, 1.807) is 22.7 Å². The molecule has 0 bridgehead atoms. The number of hydrogen-bond acceptors (Lipinski definition) is 6. The molecule has 0 aliphatic rings. The lowest BCUT2D eigenvalue weighted by Crippen LogP contribution is -2.20. The first-order valence-corrected chi connectivity index (χ1v) is 7.85. The first kappa shape index (κ1) is 13.6. The van der Waals surface area contributed by atoms with Crippen LogP contribution in [-0.2, 0) is 13.0 Å². The van der Waals surface area contributed by atoms with Crippen LogP contribution in [0.1, 0.15) is 35.1 Å². The zero-order chi connectivity index (χ0) is 12.8. The highest BCUT2D eigenvalue weighted by Crippen LogP contribution is 2.19. The molecule has 18 heavy (non-hydrogen) atoms. The van der Waals surface area contributed by atoms with Crippen molar-refractivity contribution in [2.24, 2.45) is 5.73 Å². The number of hydrogen-bond donors (Lipinski definition) is 2. The Hall–Kier alpha value is -0.820. The largest absolute Gasteiger partial charge is 0.330 e. The third-order valence-corrected chi connectivity index (χ3v) is 4.49. The minimum atomic E-state index is 0.324. The Morgan fingerprint density at radius 2 is 2.33 bits per heavy atom. The van der Waals surface area contributed by atoms with Gasteiger partial charge in [-0.05, 0) is 13.0 Å². The Morgan fingerprint density at radius 3 is 3.00 bits per heavy atom. The Labute approximate surface area is 115 Å². The average Bonchev–Trinajstić information content (AvgIpc) is 3.02. The smallest absolute Gasteiger partial charge is 0.109 e. The average molecular weight is 282 g/mol. The Kier molecular flexibility index (Phi) is 5.25. The maximum absolute atomic E-state index is 5.52. The maximum atomic E-state index is 5.52. The van der Waals surface area contributed by atoms with Crippen molar-refractivity contribution in [3.63, 3.8) is 0 Å². The summed E-state index contributed by atoms with van der Waals surface area (Å²) in [6.07, 6.45) is 3.76. The van der Waals surface area contributed by atoms with Crippen LogP contribution in [0.2, 0.25) is 0 Å². The first-order chi connectivity index (χ1) is 8.83. The van der Waals surface area contributed by atoms with E-state index in [0.717, 1.165) is 35.1 Å². The summed E-state index contributed by atoms with van der Waals surface area (Å²) in [6, 6.07) is 0.324. The molecule has 4 nitrogen and oxygen atoms in total. The molecule has 6 heteroatoms. The van der Waals surface area contributed by atoms with Gasteiger partial charge in [0.05, 0.1) is 16.7 Å². The maximum Gasteiger partial charge on any atom is 0.109 e. The van der Waals surface area contributed by atoms with Crippen molar-refractivity contribution in [1.82, 2.24) is 15.3 Å². The third kappa shape index (κ3) is 3.58. The lowest BCUT2D eigenvalue weighted by Gasteiger charge is -2.13. The fraction of sp³-hybridized carbons (Fsp3) is 0.500. The molecular formula is C12H18N4S2. The van der Waals surface area contributed by atoms with Crippen LogP contribution in [0.25, 0.3) is 0 Å². The fourth-order valence-electron chi connectivity index (χ4n) is 1.71. The zero-order valence-corrected chi connectivity index (χ0v) is 12.1. The minimum Gasteiger partial charge on any atom is -0.330 e.